The molecule has 6 heteroatoms. The van der Waals surface area contributed by atoms with Crippen LogP contribution in [0.15, 0.2) is 85.1 Å². The fourth-order valence-electron chi connectivity index (χ4n) is 9.31. The molecule has 0 spiro atoms. The molecule has 0 N–H and O–H groups in total. The lowest BCUT2D eigenvalue weighted by Crippen LogP contribution is -2.30. The Bertz CT molecular complexity index is 1450. The first kappa shape index (κ1) is 72.6. The van der Waals surface area contributed by atoms with Gasteiger partial charge in [-0.15, -0.1) is 0 Å². The number of carbonyl (C=O) groups excluding carboxylic acids is 3. The highest BCUT2D eigenvalue weighted by Crippen LogP contribution is 2.17. The summed E-state index contributed by atoms with van der Waals surface area (Å²) in [5.74, 6) is -0.860. The van der Waals surface area contributed by atoms with Gasteiger partial charge in [-0.1, -0.05) is 311 Å². The molecule has 6 nitrogen and oxygen atoms in total. The Hall–Kier alpha value is -3.41. The molecule has 0 aromatic heterocycles. The maximum absolute atomic E-state index is 12.9. The van der Waals surface area contributed by atoms with Crippen molar-refractivity contribution in [1.82, 2.24) is 0 Å². The molecule has 76 heavy (non-hydrogen) atoms. The van der Waals surface area contributed by atoms with Gasteiger partial charge >= 0.3 is 17.9 Å². The molecule has 0 amide bonds. The molecule has 0 aliphatic carbocycles. The van der Waals surface area contributed by atoms with Gasteiger partial charge < -0.3 is 14.2 Å². The zero-order chi connectivity index (χ0) is 55.0. The molecular weight excluding hydrogens is 937 g/mol. The van der Waals surface area contributed by atoms with E-state index in [-0.39, 0.29) is 31.1 Å². The monoisotopic (exact) mass is 1060 g/mol. The van der Waals surface area contributed by atoms with Crippen molar-refractivity contribution in [3.05, 3.63) is 85.1 Å². The Labute approximate surface area is 471 Å². The molecule has 0 fully saturated rings. The summed E-state index contributed by atoms with van der Waals surface area (Å²) < 4.78 is 16.9. The van der Waals surface area contributed by atoms with Gasteiger partial charge in [-0.05, 0) is 77.0 Å². The molecule has 0 rings (SSSR count). The third-order valence-corrected chi connectivity index (χ3v) is 14.2. The third-order valence-electron chi connectivity index (χ3n) is 14.2. The second kappa shape index (κ2) is 64.1. The molecule has 0 saturated carbocycles. The van der Waals surface area contributed by atoms with E-state index in [1.165, 1.54) is 180 Å². The van der Waals surface area contributed by atoms with Crippen LogP contribution < -0.4 is 0 Å². The molecule has 0 aromatic carbocycles. The van der Waals surface area contributed by atoms with E-state index >= 15 is 0 Å². The van der Waals surface area contributed by atoms with Crippen molar-refractivity contribution in [2.45, 2.75) is 329 Å². The Balaban J connectivity index is 4.15. The van der Waals surface area contributed by atoms with Crippen LogP contribution in [0.2, 0.25) is 0 Å². The summed E-state index contributed by atoms with van der Waals surface area (Å²) in [6.45, 7) is 6.55. The van der Waals surface area contributed by atoms with Crippen LogP contribution in [0.3, 0.4) is 0 Å². The van der Waals surface area contributed by atoms with Crippen LogP contribution in [0.4, 0.5) is 0 Å². The van der Waals surface area contributed by atoms with Crippen LogP contribution in [0.5, 0.6) is 0 Å². The van der Waals surface area contributed by atoms with E-state index in [9.17, 15) is 14.4 Å². The van der Waals surface area contributed by atoms with Crippen molar-refractivity contribution in [1.29, 1.82) is 0 Å². The summed E-state index contributed by atoms with van der Waals surface area (Å²) in [6.07, 6.45) is 84.5. The van der Waals surface area contributed by atoms with Gasteiger partial charge in [-0.2, -0.15) is 0 Å². The van der Waals surface area contributed by atoms with Gasteiger partial charge in [0.05, 0.1) is 0 Å². The van der Waals surface area contributed by atoms with Gasteiger partial charge in [0.2, 0.25) is 0 Å². The fraction of sp³-hybridized carbons (Fsp3) is 0.757. The van der Waals surface area contributed by atoms with Gasteiger partial charge in [0.15, 0.2) is 6.10 Å². The topological polar surface area (TPSA) is 78.9 Å². The minimum absolute atomic E-state index is 0.0711. The molecule has 438 valence electrons. The second-order valence-corrected chi connectivity index (χ2v) is 21.7. The summed E-state index contributed by atoms with van der Waals surface area (Å²) in [7, 11) is 0. The van der Waals surface area contributed by atoms with Crippen molar-refractivity contribution in [3.8, 4) is 0 Å². The molecule has 0 heterocycles. The lowest BCUT2D eigenvalue weighted by atomic mass is 10.0. The molecule has 1 unspecified atom stereocenters. The van der Waals surface area contributed by atoms with Gasteiger partial charge in [-0.3, -0.25) is 14.4 Å². The minimum Gasteiger partial charge on any atom is -0.462 e. The fourth-order valence-corrected chi connectivity index (χ4v) is 9.31. The zero-order valence-electron chi connectivity index (χ0n) is 50.3. The molecular formula is C70H122O6. The molecule has 0 aromatic rings. The maximum Gasteiger partial charge on any atom is 0.306 e. The number of rotatable bonds is 59. The smallest absolute Gasteiger partial charge is 0.306 e. The van der Waals surface area contributed by atoms with Crippen molar-refractivity contribution < 1.29 is 28.6 Å². The number of carbonyl (C=O) groups is 3. The molecule has 1 atom stereocenters. The summed E-state index contributed by atoms with van der Waals surface area (Å²) in [4.78, 5) is 38.2. The quantitative estimate of drug-likeness (QED) is 0.0261. The van der Waals surface area contributed by atoms with Crippen LogP contribution in [0, 0.1) is 0 Å². The van der Waals surface area contributed by atoms with E-state index in [0.29, 0.717) is 19.3 Å². The first-order valence-corrected chi connectivity index (χ1v) is 32.6. The third kappa shape index (κ3) is 61.4. The lowest BCUT2D eigenvalue weighted by Gasteiger charge is -2.18. The Morgan fingerprint density at radius 1 is 0.276 bits per heavy atom. The summed E-state index contributed by atoms with van der Waals surface area (Å²) in [6, 6.07) is 0. The SMILES string of the molecule is CC/C=C\C/C=C\C/C=C\C/C=C\C/C=C\C/C=C\C/C=C\CCCCCCCCCCCCCC(=O)OCC(COC(=O)CCCCCCCCCCCCCC)OC(=O)CCCCCCCCCCCCCCC. The zero-order valence-corrected chi connectivity index (χ0v) is 50.3. The standard InChI is InChI=1S/C70H122O6/c1-4-7-10-13-16-19-22-25-26-27-28-29-30-31-32-33-34-35-36-37-38-39-40-41-42-43-44-46-48-51-54-57-60-63-69(72)75-66-67(65-74-68(71)62-59-56-53-50-47-24-21-18-15-12-9-6-3)76-70(73)64-61-58-55-52-49-45-23-20-17-14-11-8-5-2/h7,10,16,19,25-26,28-29,31-32,34-35,37-38,67H,4-6,8-9,11-15,17-18,20-24,27,30,33,36,39-66H2,1-3H3/b10-7-,19-16-,26-25-,29-28-,32-31-,35-34-,38-37-. The van der Waals surface area contributed by atoms with Crippen molar-refractivity contribution in [3.63, 3.8) is 0 Å². The maximum atomic E-state index is 12.9. The first-order chi connectivity index (χ1) is 37.5. The summed E-state index contributed by atoms with van der Waals surface area (Å²) >= 11 is 0. The molecule has 0 radical (unpaired) electrons. The van der Waals surface area contributed by atoms with Gasteiger partial charge in [0.1, 0.15) is 13.2 Å². The number of hydrogen-bond donors (Lipinski definition) is 0. The Kier molecular flexibility index (Phi) is 61.2. The van der Waals surface area contributed by atoms with Gasteiger partial charge in [0, 0.05) is 19.3 Å². The van der Waals surface area contributed by atoms with Crippen LogP contribution >= 0.6 is 0 Å². The predicted molar refractivity (Wildman–Crippen MR) is 330 cm³/mol. The Morgan fingerprint density at radius 2 is 0.513 bits per heavy atom. The summed E-state index contributed by atoms with van der Waals surface area (Å²) in [5, 5.41) is 0. The highest BCUT2D eigenvalue weighted by molar-refractivity contribution is 5.71. The average Bonchev–Trinajstić information content (AvgIpc) is 3.42. The second-order valence-electron chi connectivity index (χ2n) is 21.7. The van der Waals surface area contributed by atoms with Crippen LogP contribution in [-0.2, 0) is 28.6 Å². The van der Waals surface area contributed by atoms with E-state index in [1.807, 2.05) is 0 Å². The van der Waals surface area contributed by atoms with Gasteiger partial charge in [-0.25, -0.2) is 0 Å². The first-order valence-electron chi connectivity index (χ1n) is 32.6. The van der Waals surface area contributed by atoms with Crippen LogP contribution in [-0.4, -0.2) is 37.2 Å². The van der Waals surface area contributed by atoms with Crippen LogP contribution in [0.1, 0.15) is 323 Å². The number of esters is 3. The molecule has 0 saturated heterocycles. The van der Waals surface area contributed by atoms with E-state index in [1.54, 1.807) is 0 Å². The lowest BCUT2D eigenvalue weighted by molar-refractivity contribution is -0.167. The molecule has 0 aliphatic heterocycles. The van der Waals surface area contributed by atoms with Crippen LogP contribution in [0.25, 0.3) is 0 Å². The number of ether oxygens (including phenoxy) is 3. The van der Waals surface area contributed by atoms with Crippen molar-refractivity contribution >= 4 is 17.9 Å². The highest BCUT2D eigenvalue weighted by Gasteiger charge is 2.19. The van der Waals surface area contributed by atoms with E-state index < -0.39 is 6.10 Å². The van der Waals surface area contributed by atoms with E-state index in [0.717, 1.165) is 103 Å². The number of hydrogen-bond acceptors (Lipinski definition) is 6. The average molecular weight is 1060 g/mol. The van der Waals surface area contributed by atoms with Gasteiger partial charge in [0.25, 0.3) is 0 Å². The highest BCUT2D eigenvalue weighted by atomic mass is 16.6. The number of unbranched alkanes of at least 4 members (excludes halogenated alkanes) is 34. The predicted octanol–water partition coefficient (Wildman–Crippen LogP) is 22.3. The van der Waals surface area contributed by atoms with Crippen molar-refractivity contribution in [2.75, 3.05) is 13.2 Å². The van der Waals surface area contributed by atoms with Crippen molar-refractivity contribution in [2.24, 2.45) is 0 Å². The normalized spacial score (nSPS) is 12.6. The summed E-state index contributed by atoms with van der Waals surface area (Å²) in [5.41, 5.74) is 0. The minimum atomic E-state index is -0.772. The Morgan fingerprint density at radius 3 is 0.803 bits per heavy atom. The van der Waals surface area contributed by atoms with E-state index in [2.05, 4.69) is 106 Å². The number of allylic oxidation sites excluding steroid dienone is 14. The largest absolute Gasteiger partial charge is 0.462 e. The van der Waals surface area contributed by atoms with E-state index in [4.69, 9.17) is 14.2 Å². The molecule has 0 bridgehead atoms. The molecule has 0 aliphatic rings.